The Balaban J connectivity index is 1.73. The number of sulfone groups is 1. The topological polar surface area (TPSA) is 79.0 Å². The standard InChI is InChI=1S/C16H22N4O2S/c1-2-12-10-17-14-13(12)15(19-11-18-14)20-7-6-16(4-3-5-16)23(21,22)9-8-20/h10-11H,2-9H2,1H3,(H,17,18,19). The van der Waals surface area contributed by atoms with Gasteiger partial charge >= 0.3 is 0 Å². The van der Waals surface area contributed by atoms with Crippen molar-refractivity contribution in [3.8, 4) is 0 Å². The maximum absolute atomic E-state index is 12.7. The lowest BCUT2D eigenvalue weighted by atomic mass is 9.81. The third-order valence-electron chi connectivity index (χ3n) is 5.60. The third-order valence-corrected chi connectivity index (χ3v) is 8.26. The first-order valence-corrected chi connectivity index (χ1v) is 10.00. The van der Waals surface area contributed by atoms with Crippen LogP contribution in [0.1, 0.15) is 38.2 Å². The SMILES string of the molecule is CCc1c[nH]c2ncnc(N3CCC4(CCC4)S(=O)(=O)CC3)c12. The second-order valence-electron chi connectivity index (χ2n) is 6.68. The molecule has 1 aliphatic heterocycles. The fourth-order valence-electron chi connectivity index (χ4n) is 3.92. The van der Waals surface area contributed by atoms with Gasteiger partial charge in [0.05, 0.1) is 15.9 Å². The summed E-state index contributed by atoms with van der Waals surface area (Å²) in [6.45, 7) is 3.37. The zero-order valence-corrected chi connectivity index (χ0v) is 14.2. The molecule has 3 heterocycles. The molecular formula is C16H22N4O2S. The first-order valence-electron chi connectivity index (χ1n) is 8.34. The molecule has 4 rings (SSSR count). The Labute approximate surface area is 136 Å². The van der Waals surface area contributed by atoms with E-state index < -0.39 is 14.6 Å². The summed E-state index contributed by atoms with van der Waals surface area (Å²) >= 11 is 0. The maximum atomic E-state index is 12.7. The molecular weight excluding hydrogens is 312 g/mol. The van der Waals surface area contributed by atoms with Gasteiger partial charge in [-0.05, 0) is 31.2 Å². The minimum absolute atomic E-state index is 0.227. The second-order valence-corrected chi connectivity index (χ2v) is 9.18. The van der Waals surface area contributed by atoms with Gasteiger partial charge in [0.15, 0.2) is 9.84 Å². The van der Waals surface area contributed by atoms with Crippen LogP contribution in [0.2, 0.25) is 0 Å². The number of hydrogen-bond acceptors (Lipinski definition) is 5. The Morgan fingerprint density at radius 2 is 2.09 bits per heavy atom. The van der Waals surface area contributed by atoms with Crippen molar-refractivity contribution in [3.63, 3.8) is 0 Å². The van der Waals surface area contributed by atoms with Gasteiger partial charge in [-0.3, -0.25) is 0 Å². The van der Waals surface area contributed by atoms with Crippen LogP contribution in [0.15, 0.2) is 12.5 Å². The lowest BCUT2D eigenvalue weighted by Crippen LogP contribution is -2.46. The molecule has 0 bridgehead atoms. The van der Waals surface area contributed by atoms with E-state index in [2.05, 4.69) is 26.8 Å². The first-order chi connectivity index (χ1) is 11.1. The van der Waals surface area contributed by atoms with Gasteiger partial charge < -0.3 is 9.88 Å². The quantitative estimate of drug-likeness (QED) is 0.909. The predicted octanol–water partition coefficient (Wildman–Crippen LogP) is 2.07. The van der Waals surface area contributed by atoms with E-state index >= 15 is 0 Å². The van der Waals surface area contributed by atoms with Gasteiger partial charge in [-0.1, -0.05) is 13.3 Å². The van der Waals surface area contributed by atoms with E-state index in [4.69, 9.17) is 0 Å². The maximum Gasteiger partial charge on any atom is 0.157 e. The Bertz CT molecular complexity index is 839. The number of aryl methyl sites for hydroxylation is 1. The van der Waals surface area contributed by atoms with E-state index in [1.165, 1.54) is 5.56 Å². The fraction of sp³-hybridized carbons (Fsp3) is 0.625. The van der Waals surface area contributed by atoms with Crippen molar-refractivity contribution in [2.75, 3.05) is 23.7 Å². The Kier molecular flexibility index (Phi) is 3.37. The summed E-state index contributed by atoms with van der Waals surface area (Å²) in [5.41, 5.74) is 2.01. The summed E-state index contributed by atoms with van der Waals surface area (Å²) < 4.78 is 24.8. The van der Waals surface area contributed by atoms with Crippen LogP contribution in [-0.4, -0.2) is 47.0 Å². The first kappa shape index (κ1) is 14.9. The Morgan fingerprint density at radius 3 is 2.78 bits per heavy atom. The second kappa shape index (κ2) is 5.19. The lowest BCUT2D eigenvalue weighted by molar-refractivity contribution is 0.324. The molecule has 0 atom stereocenters. The van der Waals surface area contributed by atoms with Crippen LogP contribution in [0.4, 0.5) is 5.82 Å². The van der Waals surface area contributed by atoms with Gasteiger partial charge in [0, 0.05) is 19.3 Å². The van der Waals surface area contributed by atoms with Crippen LogP contribution in [-0.2, 0) is 16.3 Å². The number of hydrogen-bond donors (Lipinski definition) is 1. The van der Waals surface area contributed by atoms with Crippen molar-refractivity contribution >= 4 is 26.7 Å². The molecule has 124 valence electrons. The van der Waals surface area contributed by atoms with E-state index in [0.717, 1.165) is 49.1 Å². The van der Waals surface area contributed by atoms with Crippen molar-refractivity contribution in [1.82, 2.24) is 15.0 Å². The number of aromatic nitrogens is 3. The van der Waals surface area contributed by atoms with Gasteiger partial charge in [0.25, 0.3) is 0 Å². The largest absolute Gasteiger partial charge is 0.355 e. The van der Waals surface area contributed by atoms with Crippen LogP contribution < -0.4 is 4.90 Å². The van der Waals surface area contributed by atoms with Crippen molar-refractivity contribution in [2.45, 2.75) is 43.8 Å². The lowest BCUT2D eigenvalue weighted by Gasteiger charge is -2.40. The van der Waals surface area contributed by atoms with Crippen molar-refractivity contribution in [1.29, 1.82) is 0 Å². The highest BCUT2D eigenvalue weighted by Gasteiger charge is 2.49. The number of fused-ring (bicyclic) bond motifs is 1. The molecule has 1 saturated carbocycles. The molecule has 7 heteroatoms. The van der Waals surface area contributed by atoms with E-state index in [0.29, 0.717) is 13.0 Å². The monoisotopic (exact) mass is 334 g/mol. The van der Waals surface area contributed by atoms with Crippen LogP contribution in [0, 0.1) is 0 Å². The molecule has 2 fully saturated rings. The smallest absolute Gasteiger partial charge is 0.157 e. The van der Waals surface area contributed by atoms with Gasteiger partial charge in [0.2, 0.25) is 0 Å². The molecule has 1 aliphatic carbocycles. The molecule has 6 nitrogen and oxygen atoms in total. The highest BCUT2D eigenvalue weighted by atomic mass is 32.2. The molecule has 0 aromatic carbocycles. The molecule has 2 aliphatic rings. The van der Waals surface area contributed by atoms with E-state index in [-0.39, 0.29) is 5.75 Å². The average molecular weight is 334 g/mol. The zero-order chi connectivity index (χ0) is 16.1. The zero-order valence-electron chi connectivity index (χ0n) is 13.4. The number of nitrogens with zero attached hydrogens (tertiary/aromatic N) is 3. The van der Waals surface area contributed by atoms with Crippen LogP contribution in [0.5, 0.6) is 0 Å². The number of anilines is 1. The number of H-pyrrole nitrogens is 1. The normalized spacial score (nSPS) is 22.9. The number of nitrogens with one attached hydrogen (secondary N) is 1. The molecule has 0 radical (unpaired) electrons. The highest BCUT2D eigenvalue weighted by Crippen LogP contribution is 2.44. The molecule has 1 saturated heterocycles. The third kappa shape index (κ3) is 2.16. The summed E-state index contributed by atoms with van der Waals surface area (Å²) in [7, 11) is -3.01. The number of rotatable bonds is 2. The minimum Gasteiger partial charge on any atom is -0.355 e. The molecule has 0 unspecified atom stereocenters. The summed E-state index contributed by atoms with van der Waals surface area (Å²) in [6, 6.07) is 0. The summed E-state index contributed by atoms with van der Waals surface area (Å²) in [5.74, 6) is 1.10. The van der Waals surface area contributed by atoms with E-state index in [9.17, 15) is 8.42 Å². The van der Waals surface area contributed by atoms with Crippen LogP contribution in [0.25, 0.3) is 11.0 Å². The summed E-state index contributed by atoms with van der Waals surface area (Å²) in [6.07, 6.45) is 7.84. The van der Waals surface area contributed by atoms with Gasteiger partial charge in [-0.2, -0.15) is 0 Å². The van der Waals surface area contributed by atoms with Crippen LogP contribution >= 0.6 is 0 Å². The molecule has 0 amide bonds. The van der Waals surface area contributed by atoms with Gasteiger partial charge in [-0.25, -0.2) is 18.4 Å². The molecule has 23 heavy (non-hydrogen) atoms. The van der Waals surface area contributed by atoms with Gasteiger partial charge in [-0.15, -0.1) is 0 Å². The Morgan fingerprint density at radius 1 is 1.26 bits per heavy atom. The predicted molar refractivity (Wildman–Crippen MR) is 90.5 cm³/mol. The summed E-state index contributed by atoms with van der Waals surface area (Å²) in [5, 5.41) is 1.04. The van der Waals surface area contributed by atoms with Gasteiger partial charge in [0.1, 0.15) is 17.8 Å². The Hall–Kier alpha value is -1.63. The van der Waals surface area contributed by atoms with Crippen LogP contribution in [0.3, 0.4) is 0 Å². The van der Waals surface area contributed by atoms with E-state index in [1.54, 1.807) is 6.33 Å². The molecule has 1 spiro atoms. The minimum atomic E-state index is -3.01. The highest BCUT2D eigenvalue weighted by molar-refractivity contribution is 7.92. The van der Waals surface area contributed by atoms with Crippen molar-refractivity contribution < 1.29 is 8.42 Å². The molecule has 1 N–H and O–H groups in total. The number of aromatic amines is 1. The van der Waals surface area contributed by atoms with Crippen molar-refractivity contribution in [3.05, 3.63) is 18.1 Å². The average Bonchev–Trinajstić information content (AvgIpc) is 2.85. The summed E-state index contributed by atoms with van der Waals surface area (Å²) in [4.78, 5) is 14.1. The van der Waals surface area contributed by atoms with E-state index in [1.807, 2.05) is 6.20 Å². The molecule has 2 aromatic heterocycles. The fourth-order valence-corrected chi connectivity index (χ4v) is 6.13. The van der Waals surface area contributed by atoms with Crippen molar-refractivity contribution in [2.24, 2.45) is 0 Å². The molecule has 2 aromatic rings.